The molecule has 0 aliphatic rings. The molecule has 0 fully saturated rings. The van der Waals surface area contributed by atoms with Gasteiger partial charge < -0.3 is 20.7 Å². The number of amides is 3. The van der Waals surface area contributed by atoms with Crippen LogP contribution in [-0.2, 0) is 9.59 Å². The van der Waals surface area contributed by atoms with Crippen LogP contribution in [0.2, 0.25) is 10.0 Å². The van der Waals surface area contributed by atoms with E-state index in [4.69, 9.17) is 27.9 Å². The number of carbonyl (C=O) groups is 3. The summed E-state index contributed by atoms with van der Waals surface area (Å²) in [6.45, 7) is 2.50. The van der Waals surface area contributed by atoms with Crippen LogP contribution in [0, 0.1) is 0 Å². The zero-order valence-corrected chi connectivity index (χ0v) is 26.9. The SMILES string of the molecule is CCOc1ccc2nc(NC(=O)CSc3ccc(NC(=O)/C(=C/c4cccc(Cl)c4Cl)NC(=O)c4ccccc4)cc3)sc2c1. The molecule has 1 heterocycles. The molecule has 0 spiro atoms. The van der Waals surface area contributed by atoms with E-state index >= 15 is 0 Å². The van der Waals surface area contributed by atoms with Crippen LogP contribution in [0.25, 0.3) is 16.3 Å². The number of rotatable bonds is 11. The predicted octanol–water partition coefficient (Wildman–Crippen LogP) is 8.14. The first-order valence-electron chi connectivity index (χ1n) is 13.7. The number of ether oxygens (including phenoxy) is 1. The summed E-state index contributed by atoms with van der Waals surface area (Å²) in [7, 11) is 0. The van der Waals surface area contributed by atoms with E-state index in [1.54, 1.807) is 72.8 Å². The second kappa shape index (κ2) is 15.1. The maximum atomic E-state index is 13.3. The Hall–Kier alpha value is -4.35. The highest BCUT2D eigenvalue weighted by Crippen LogP contribution is 2.30. The zero-order valence-electron chi connectivity index (χ0n) is 23.8. The van der Waals surface area contributed by atoms with Gasteiger partial charge in [-0.1, -0.05) is 64.9 Å². The molecule has 0 saturated carbocycles. The number of thioether (sulfide) groups is 1. The molecular weight excluding hydrogens is 651 g/mol. The highest BCUT2D eigenvalue weighted by molar-refractivity contribution is 8.00. The Bertz CT molecular complexity index is 1880. The summed E-state index contributed by atoms with van der Waals surface area (Å²) in [5.74, 6) is -0.271. The normalized spacial score (nSPS) is 11.2. The average Bonchev–Trinajstić information content (AvgIpc) is 3.44. The third-order valence-corrected chi connectivity index (χ3v) is 8.99. The lowest BCUT2D eigenvalue weighted by atomic mass is 10.1. The summed E-state index contributed by atoms with van der Waals surface area (Å²) < 4.78 is 6.46. The number of thiazole rings is 1. The molecule has 0 bridgehead atoms. The van der Waals surface area contributed by atoms with Crippen LogP contribution >= 0.6 is 46.3 Å². The zero-order chi connectivity index (χ0) is 31.8. The van der Waals surface area contributed by atoms with Crippen LogP contribution in [0.5, 0.6) is 5.75 Å². The summed E-state index contributed by atoms with van der Waals surface area (Å²) in [6.07, 6.45) is 1.47. The molecule has 5 aromatic rings. The topological polar surface area (TPSA) is 109 Å². The second-order valence-electron chi connectivity index (χ2n) is 9.42. The van der Waals surface area contributed by atoms with Crippen LogP contribution < -0.4 is 20.7 Å². The van der Waals surface area contributed by atoms with E-state index < -0.39 is 11.8 Å². The number of hydrogen-bond donors (Lipinski definition) is 3. The Morgan fingerprint density at radius 3 is 2.47 bits per heavy atom. The second-order valence-corrected chi connectivity index (χ2v) is 12.3. The molecule has 12 heteroatoms. The summed E-state index contributed by atoms with van der Waals surface area (Å²) >= 11 is 15.2. The van der Waals surface area contributed by atoms with Gasteiger partial charge in [-0.05, 0) is 79.2 Å². The monoisotopic (exact) mass is 676 g/mol. The fourth-order valence-corrected chi connectivity index (χ4v) is 6.05. The van der Waals surface area contributed by atoms with E-state index in [2.05, 4.69) is 20.9 Å². The van der Waals surface area contributed by atoms with Gasteiger partial charge in [-0.15, -0.1) is 11.8 Å². The molecule has 0 aliphatic carbocycles. The minimum absolute atomic E-state index is 0.0212. The van der Waals surface area contributed by atoms with E-state index in [-0.39, 0.29) is 22.4 Å². The number of carbonyl (C=O) groups excluding carboxylic acids is 3. The molecule has 0 atom stereocenters. The van der Waals surface area contributed by atoms with Gasteiger partial charge >= 0.3 is 0 Å². The van der Waals surface area contributed by atoms with Crippen LogP contribution in [0.15, 0.2) is 102 Å². The molecule has 5 rings (SSSR count). The van der Waals surface area contributed by atoms with Crippen molar-refractivity contribution in [3.63, 3.8) is 0 Å². The molecule has 3 N–H and O–H groups in total. The fraction of sp³-hybridized carbons (Fsp3) is 0.0909. The largest absolute Gasteiger partial charge is 0.494 e. The number of anilines is 2. The third-order valence-electron chi connectivity index (χ3n) is 6.21. The minimum atomic E-state index is -0.556. The molecule has 0 saturated heterocycles. The maximum Gasteiger partial charge on any atom is 0.272 e. The molecule has 4 aromatic carbocycles. The van der Waals surface area contributed by atoms with Crippen molar-refractivity contribution < 1.29 is 19.1 Å². The van der Waals surface area contributed by atoms with Gasteiger partial charge in [0, 0.05) is 16.1 Å². The highest BCUT2D eigenvalue weighted by atomic mass is 35.5. The summed E-state index contributed by atoms with van der Waals surface area (Å²) in [5.41, 5.74) is 2.11. The standard InChI is InChI=1S/C33H26Cl2N4O4S2/c1-2-43-23-13-16-26-28(18-23)45-33(38-26)39-29(40)19-44-24-14-11-22(12-15-24)36-32(42)27(17-21-9-6-10-25(34)30(21)35)37-31(41)20-7-4-3-5-8-20/h3-18H,2,19H2,1H3,(H,36,42)(H,37,41)(H,38,39,40)/b27-17-. The van der Waals surface area contributed by atoms with Crippen molar-refractivity contribution in [3.05, 3.63) is 118 Å². The van der Waals surface area contributed by atoms with Crippen molar-refractivity contribution in [1.29, 1.82) is 0 Å². The van der Waals surface area contributed by atoms with Gasteiger partial charge in [0.25, 0.3) is 11.8 Å². The lowest BCUT2D eigenvalue weighted by molar-refractivity contribution is -0.114. The van der Waals surface area contributed by atoms with Gasteiger partial charge in [-0.25, -0.2) is 4.98 Å². The van der Waals surface area contributed by atoms with Crippen LogP contribution in [0.1, 0.15) is 22.8 Å². The molecule has 228 valence electrons. The lowest BCUT2D eigenvalue weighted by Gasteiger charge is -2.12. The van der Waals surface area contributed by atoms with Gasteiger partial charge in [0.15, 0.2) is 5.13 Å². The molecule has 0 unspecified atom stereocenters. The Balaban J connectivity index is 1.21. The number of benzene rings is 4. The first-order valence-corrected chi connectivity index (χ1v) is 16.2. The van der Waals surface area contributed by atoms with Crippen molar-refractivity contribution in [1.82, 2.24) is 10.3 Å². The number of fused-ring (bicyclic) bond motifs is 1. The number of hydrogen-bond acceptors (Lipinski definition) is 7. The maximum absolute atomic E-state index is 13.3. The van der Waals surface area contributed by atoms with E-state index in [0.29, 0.717) is 33.6 Å². The van der Waals surface area contributed by atoms with Crippen molar-refractivity contribution in [2.24, 2.45) is 0 Å². The minimum Gasteiger partial charge on any atom is -0.494 e. The quantitative estimate of drug-likeness (QED) is 0.0962. The highest BCUT2D eigenvalue weighted by Gasteiger charge is 2.17. The fourth-order valence-electron chi connectivity index (χ4n) is 4.08. The van der Waals surface area contributed by atoms with Crippen molar-refractivity contribution in [2.75, 3.05) is 23.0 Å². The Morgan fingerprint density at radius 2 is 1.71 bits per heavy atom. The van der Waals surface area contributed by atoms with E-state index in [1.165, 1.54) is 29.2 Å². The smallest absolute Gasteiger partial charge is 0.272 e. The van der Waals surface area contributed by atoms with E-state index in [9.17, 15) is 14.4 Å². The van der Waals surface area contributed by atoms with Crippen LogP contribution in [0.4, 0.5) is 10.8 Å². The number of aromatic nitrogens is 1. The number of nitrogens with zero attached hydrogens (tertiary/aromatic N) is 1. The molecule has 3 amide bonds. The van der Waals surface area contributed by atoms with Crippen molar-refractivity contribution >= 4 is 91.1 Å². The van der Waals surface area contributed by atoms with Crippen molar-refractivity contribution in [3.8, 4) is 5.75 Å². The van der Waals surface area contributed by atoms with Crippen LogP contribution in [-0.4, -0.2) is 35.1 Å². The third kappa shape index (κ3) is 8.64. The number of nitrogens with one attached hydrogen (secondary N) is 3. The Labute approximate surface area is 277 Å². The first kappa shape index (κ1) is 32.1. The van der Waals surface area contributed by atoms with Crippen LogP contribution in [0.3, 0.4) is 0 Å². The summed E-state index contributed by atoms with van der Waals surface area (Å²) in [4.78, 5) is 44.1. The average molecular weight is 678 g/mol. The number of halogens is 2. The lowest BCUT2D eigenvalue weighted by Crippen LogP contribution is -2.30. The van der Waals surface area contributed by atoms with E-state index in [1.807, 2.05) is 25.1 Å². The summed E-state index contributed by atoms with van der Waals surface area (Å²) in [5, 5.41) is 9.42. The van der Waals surface area contributed by atoms with Gasteiger partial charge in [0.2, 0.25) is 5.91 Å². The van der Waals surface area contributed by atoms with Crippen molar-refractivity contribution in [2.45, 2.75) is 11.8 Å². The molecule has 45 heavy (non-hydrogen) atoms. The molecule has 0 aliphatic heterocycles. The van der Waals surface area contributed by atoms with Gasteiger partial charge in [0.05, 0.1) is 32.6 Å². The molecular formula is C33H26Cl2N4O4S2. The molecule has 1 aromatic heterocycles. The van der Waals surface area contributed by atoms with Gasteiger partial charge in [-0.2, -0.15) is 0 Å². The first-order chi connectivity index (χ1) is 21.8. The molecule has 8 nitrogen and oxygen atoms in total. The molecule has 0 radical (unpaired) electrons. The van der Waals surface area contributed by atoms with Gasteiger partial charge in [0.1, 0.15) is 11.4 Å². The summed E-state index contributed by atoms with van der Waals surface area (Å²) in [6, 6.07) is 26.2. The van der Waals surface area contributed by atoms with Gasteiger partial charge in [-0.3, -0.25) is 14.4 Å². The predicted molar refractivity (Wildman–Crippen MR) is 184 cm³/mol. The Morgan fingerprint density at radius 1 is 0.933 bits per heavy atom. The Kier molecular flexibility index (Phi) is 10.7. The van der Waals surface area contributed by atoms with E-state index in [0.717, 1.165) is 20.9 Å².